The number of amides is 2. The summed E-state index contributed by atoms with van der Waals surface area (Å²) >= 11 is 5.29. The number of benzene rings is 2. The highest BCUT2D eigenvalue weighted by molar-refractivity contribution is 7.80. The summed E-state index contributed by atoms with van der Waals surface area (Å²) in [6.45, 7) is 9.49. The molecular formula is C26H27N3O3S. The molecule has 33 heavy (non-hydrogen) atoms. The number of hydrogen-bond acceptors (Lipinski definition) is 5. The summed E-state index contributed by atoms with van der Waals surface area (Å²) in [5.41, 5.74) is 4.69. The Morgan fingerprint density at radius 3 is 2.45 bits per heavy atom. The molecule has 0 aromatic heterocycles. The Kier molecular flexibility index (Phi) is 5.84. The molecule has 2 heterocycles. The van der Waals surface area contributed by atoms with Crippen molar-refractivity contribution in [3.8, 4) is 5.75 Å². The van der Waals surface area contributed by atoms with E-state index in [1.54, 1.807) is 37.5 Å². The van der Waals surface area contributed by atoms with Gasteiger partial charge in [-0.15, -0.1) is 0 Å². The number of carbonyl (C=O) groups excluding carboxylic acids is 2. The lowest BCUT2D eigenvalue weighted by Crippen LogP contribution is -2.54. The number of methoxy groups -OCH3 is 1. The summed E-state index contributed by atoms with van der Waals surface area (Å²) in [7, 11) is 1.57. The van der Waals surface area contributed by atoms with Gasteiger partial charge in [0.25, 0.3) is 11.8 Å². The van der Waals surface area contributed by atoms with Gasteiger partial charge in [-0.05, 0) is 93.5 Å². The average molecular weight is 462 g/mol. The molecule has 2 aliphatic heterocycles. The number of anilines is 2. The van der Waals surface area contributed by atoms with E-state index in [0.717, 1.165) is 23.4 Å². The quantitative estimate of drug-likeness (QED) is 0.411. The summed E-state index contributed by atoms with van der Waals surface area (Å²) < 4.78 is 5.18. The van der Waals surface area contributed by atoms with Crippen molar-refractivity contribution in [2.24, 2.45) is 0 Å². The van der Waals surface area contributed by atoms with Gasteiger partial charge in [-0.2, -0.15) is 0 Å². The van der Waals surface area contributed by atoms with Crippen LogP contribution in [0.25, 0.3) is 11.6 Å². The highest BCUT2D eigenvalue weighted by Crippen LogP contribution is 2.39. The third-order valence-electron chi connectivity index (χ3n) is 6.06. The lowest BCUT2D eigenvalue weighted by atomic mass is 9.88. The zero-order valence-corrected chi connectivity index (χ0v) is 20.2. The zero-order valence-electron chi connectivity index (χ0n) is 19.4. The summed E-state index contributed by atoms with van der Waals surface area (Å²) in [6.07, 6.45) is 3.87. The van der Waals surface area contributed by atoms with Crippen LogP contribution >= 0.6 is 12.2 Å². The van der Waals surface area contributed by atoms with Crippen LogP contribution in [0.1, 0.15) is 38.8 Å². The fraction of sp³-hybridized carbons (Fsp3) is 0.269. The van der Waals surface area contributed by atoms with Gasteiger partial charge < -0.3 is 9.64 Å². The minimum absolute atomic E-state index is 0.0319. The molecule has 1 fully saturated rings. The van der Waals surface area contributed by atoms with Crippen molar-refractivity contribution in [2.45, 2.75) is 33.2 Å². The first kappa shape index (κ1) is 22.7. The van der Waals surface area contributed by atoms with E-state index >= 15 is 0 Å². The van der Waals surface area contributed by atoms with Gasteiger partial charge in [-0.3, -0.25) is 19.8 Å². The number of carbonyl (C=O) groups is 2. The maximum Gasteiger partial charge on any atom is 0.270 e. The first-order valence-corrected chi connectivity index (χ1v) is 11.2. The highest BCUT2D eigenvalue weighted by Gasteiger charge is 2.35. The topological polar surface area (TPSA) is 61.9 Å². The predicted octanol–water partition coefficient (Wildman–Crippen LogP) is 4.55. The highest BCUT2D eigenvalue weighted by atomic mass is 32.1. The van der Waals surface area contributed by atoms with Gasteiger partial charge >= 0.3 is 0 Å². The number of hydrogen-bond donors (Lipinski definition) is 1. The summed E-state index contributed by atoms with van der Waals surface area (Å²) in [5.74, 6) is -0.304. The number of thiocarbonyl (C=S) groups is 1. The number of nitrogens with one attached hydrogen (secondary N) is 1. The van der Waals surface area contributed by atoms with Crippen molar-refractivity contribution in [3.63, 3.8) is 0 Å². The van der Waals surface area contributed by atoms with E-state index in [0.29, 0.717) is 11.4 Å². The summed E-state index contributed by atoms with van der Waals surface area (Å²) in [4.78, 5) is 29.6. The fourth-order valence-corrected chi connectivity index (χ4v) is 4.84. The van der Waals surface area contributed by atoms with Gasteiger partial charge in [0.15, 0.2) is 5.11 Å². The Morgan fingerprint density at radius 1 is 1.12 bits per heavy atom. The van der Waals surface area contributed by atoms with Crippen molar-refractivity contribution >= 4 is 52.2 Å². The predicted molar refractivity (Wildman–Crippen MR) is 136 cm³/mol. The second-order valence-corrected chi connectivity index (χ2v) is 9.04. The Bertz CT molecular complexity index is 1210. The van der Waals surface area contributed by atoms with Crippen LogP contribution in [-0.2, 0) is 9.59 Å². The van der Waals surface area contributed by atoms with Crippen molar-refractivity contribution in [3.05, 3.63) is 65.2 Å². The van der Waals surface area contributed by atoms with Gasteiger partial charge in [-0.1, -0.05) is 12.1 Å². The van der Waals surface area contributed by atoms with Crippen molar-refractivity contribution in [1.29, 1.82) is 0 Å². The molecule has 0 unspecified atom stereocenters. The molecule has 0 radical (unpaired) electrons. The SMILES string of the molecule is CCN1c2ccc(/C=C3\C(=O)NC(=S)N(c4ccc(OC)cc4)C3=O)cc2C(C)=CC1(C)C. The number of allylic oxidation sites excluding steroid dienone is 1. The van der Waals surface area contributed by atoms with E-state index in [4.69, 9.17) is 17.0 Å². The number of fused-ring (bicyclic) bond motifs is 1. The molecular weight excluding hydrogens is 434 g/mol. The molecule has 0 aliphatic carbocycles. The molecule has 0 saturated carbocycles. The molecule has 6 nitrogen and oxygen atoms in total. The van der Waals surface area contributed by atoms with Crippen molar-refractivity contribution < 1.29 is 14.3 Å². The van der Waals surface area contributed by atoms with E-state index in [-0.39, 0.29) is 16.2 Å². The van der Waals surface area contributed by atoms with Crippen LogP contribution in [0.3, 0.4) is 0 Å². The minimum Gasteiger partial charge on any atom is -0.497 e. The molecule has 0 bridgehead atoms. The van der Waals surface area contributed by atoms with Crippen LogP contribution in [0.5, 0.6) is 5.75 Å². The van der Waals surface area contributed by atoms with Crippen LogP contribution in [0.15, 0.2) is 54.1 Å². The standard InChI is InChI=1S/C26H27N3O3S/c1-6-28-22-12-7-17(13-20(22)16(2)15-26(28,3)4)14-21-23(30)27-25(33)29(24(21)31)18-8-10-19(32-5)11-9-18/h7-15H,6H2,1-5H3,(H,27,30,33)/b21-14+. The normalized spacial score (nSPS) is 18.8. The Hall–Kier alpha value is -3.45. The molecule has 2 amide bonds. The lowest BCUT2D eigenvalue weighted by Gasteiger charge is -2.42. The molecule has 2 aliphatic rings. The maximum absolute atomic E-state index is 13.3. The molecule has 1 N–H and O–H groups in total. The second-order valence-electron chi connectivity index (χ2n) is 8.66. The van der Waals surface area contributed by atoms with E-state index in [1.165, 1.54) is 10.5 Å². The van der Waals surface area contributed by atoms with Crippen LogP contribution in [0, 0.1) is 0 Å². The van der Waals surface area contributed by atoms with Crippen molar-refractivity contribution in [2.75, 3.05) is 23.5 Å². The van der Waals surface area contributed by atoms with Crippen LogP contribution in [-0.4, -0.2) is 36.1 Å². The molecule has 7 heteroatoms. The van der Waals surface area contributed by atoms with E-state index in [2.05, 4.69) is 50.1 Å². The van der Waals surface area contributed by atoms with Gasteiger partial charge in [0.05, 0.1) is 18.3 Å². The number of ether oxygens (including phenoxy) is 1. The molecule has 170 valence electrons. The Balaban J connectivity index is 1.72. The van der Waals surface area contributed by atoms with E-state index in [1.807, 2.05) is 12.1 Å². The van der Waals surface area contributed by atoms with Crippen LogP contribution in [0.2, 0.25) is 0 Å². The van der Waals surface area contributed by atoms with E-state index in [9.17, 15) is 9.59 Å². The number of nitrogens with zero attached hydrogens (tertiary/aromatic N) is 2. The number of rotatable bonds is 4. The maximum atomic E-state index is 13.3. The van der Waals surface area contributed by atoms with Gasteiger partial charge in [0.2, 0.25) is 0 Å². The molecule has 1 saturated heterocycles. The first-order valence-electron chi connectivity index (χ1n) is 10.8. The lowest BCUT2D eigenvalue weighted by molar-refractivity contribution is -0.122. The first-order chi connectivity index (χ1) is 15.7. The van der Waals surface area contributed by atoms with E-state index < -0.39 is 11.8 Å². The Morgan fingerprint density at radius 2 is 1.82 bits per heavy atom. The summed E-state index contributed by atoms with van der Waals surface area (Å²) in [5, 5.41) is 2.69. The molecule has 4 rings (SSSR count). The third kappa shape index (κ3) is 4.04. The second kappa shape index (κ2) is 8.48. The summed E-state index contributed by atoms with van der Waals surface area (Å²) in [6, 6.07) is 13.0. The number of likely N-dealkylation sites (N-methyl/N-ethyl adjacent to an activating group) is 1. The minimum atomic E-state index is -0.504. The molecule has 2 aromatic carbocycles. The average Bonchev–Trinajstić information content (AvgIpc) is 2.77. The monoisotopic (exact) mass is 461 g/mol. The van der Waals surface area contributed by atoms with Crippen LogP contribution < -0.4 is 19.9 Å². The largest absolute Gasteiger partial charge is 0.497 e. The molecule has 2 aromatic rings. The van der Waals surface area contributed by atoms with Gasteiger partial charge in [-0.25, -0.2) is 0 Å². The van der Waals surface area contributed by atoms with Gasteiger partial charge in [0, 0.05) is 17.8 Å². The smallest absolute Gasteiger partial charge is 0.270 e. The van der Waals surface area contributed by atoms with Crippen molar-refractivity contribution in [1.82, 2.24) is 5.32 Å². The third-order valence-corrected chi connectivity index (χ3v) is 6.35. The van der Waals surface area contributed by atoms with Crippen LogP contribution in [0.4, 0.5) is 11.4 Å². The molecule has 0 atom stereocenters. The molecule has 0 spiro atoms. The Labute approximate surface area is 199 Å². The zero-order chi connectivity index (χ0) is 23.9. The van der Waals surface area contributed by atoms with Gasteiger partial charge in [0.1, 0.15) is 11.3 Å². The fourth-order valence-electron chi connectivity index (χ4n) is 4.56.